The molecule has 0 N–H and O–H groups in total. The number of rotatable bonds is 4. The number of imidazole rings is 1. The average Bonchev–Trinajstić information content (AvgIpc) is 3.21. The zero-order valence-electron chi connectivity index (χ0n) is 19.5. The number of anilines is 1. The Bertz CT molecular complexity index is 1170. The number of nitrogens with zero attached hydrogens (tertiary/aromatic N) is 5. The molecule has 1 aliphatic heterocycles. The van der Waals surface area contributed by atoms with Gasteiger partial charge in [0.1, 0.15) is 22.9 Å². The summed E-state index contributed by atoms with van der Waals surface area (Å²) in [5.74, 6) is 2.51. The summed E-state index contributed by atoms with van der Waals surface area (Å²) in [7, 11) is 3.15. The highest BCUT2D eigenvalue weighted by Gasteiger charge is 2.26. The minimum Gasteiger partial charge on any atom is -0.496 e. The molecule has 0 radical (unpaired) electrons. The number of hydrogen-bond acceptors (Lipinski definition) is 7. The van der Waals surface area contributed by atoms with E-state index in [4.69, 9.17) is 30.8 Å². The summed E-state index contributed by atoms with van der Waals surface area (Å²) in [5, 5.41) is 0.474. The number of halogens is 1. The smallest absolute Gasteiger partial charge is 0.410 e. The summed E-state index contributed by atoms with van der Waals surface area (Å²) in [6.07, 6.45) is 3.52. The van der Waals surface area contributed by atoms with E-state index in [2.05, 4.69) is 9.88 Å². The molecule has 0 bridgehead atoms. The Labute approximate surface area is 197 Å². The fraction of sp³-hybridized carbons (Fsp3) is 0.435. The van der Waals surface area contributed by atoms with E-state index in [9.17, 15) is 4.79 Å². The van der Waals surface area contributed by atoms with Gasteiger partial charge in [0.15, 0.2) is 0 Å². The van der Waals surface area contributed by atoms with Crippen LogP contribution in [0.2, 0.25) is 5.02 Å². The molecule has 176 valence electrons. The van der Waals surface area contributed by atoms with Crippen LogP contribution in [0.4, 0.5) is 10.6 Å². The summed E-state index contributed by atoms with van der Waals surface area (Å²) in [6.45, 7) is 8.08. The van der Waals surface area contributed by atoms with Gasteiger partial charge in [0, 0.05) is 50.2 Å². The molecule has 10 heteroatoms. The van der Waals surface area contributed by atoms with Gasteiger partial charge < -0.3 is 24.0 Å². The number of fused-ring (bicyclic) bond motifs is 1. The van der Waals surface area contributed by atoms with E-state index in [1.54, 1.807) is 31.3 Å². The predicted octanol–water partition coefficient (Wildman–Crippen LogP) is 4.12. The van der Waals surface area contributed by atoms with Crippen molar-refractivity contribution in [3.8, 4) is 22.8 Å². The SMILES string of the molecule is COc1cc(OC)c(-c2cn3ccc(N4CCN(C(=O)OC(C)(C)C)CC4)nc3n2)cc1Cl. The number of carbonyl (C=O) groups is 1. The molecule has 4 rings (SSSR count). The molecule has 0 atom stereocenters. The van der Waals surface area contributed by atoms with Gasteiger partial charge in [-0.2, -0.15) is 4.98 Å². The number of ether oxygens (including phenoxy) is 3. The molecule has 1 amide bonds. The highest BCUT2D eigenvalue weighted by molar-refractivity contribution is 6.32. The lowest BCUT2D eigenvalue weighted by Crippen LogP contribution is -2.50. The van der Waals surface area contributed by atoms with Crippen molar-refractivity contribution in [1.82, 2.24) is 19.3 Å². The van der Waals surface area contributed by atoms with Crippen LogP contribution in [0.25, 0.3) is 17.0 Å². The van der Waals surface area contributed by atoms with Gasteiger partial charge in [0.25, 0.3) is 0 Å². The molecule has 3 aromatic rings. The number of amides is 1. The molecule has 1 aliphatic rings. The maximum Gasteiger partial charge on any atom is 0.410 e. The zero-order chi connectivity index (χ0) is 23.8. The van der Waals surface area contributed by atoms with E-state index in [-0.39, 0.29) is 6.09 Å². The van der Waals surface area contributed by atoms with Gasteiger partial charge in [0.05, 0.1) is 24.9 Å². The van der Waals surface area contributed by atoms with Crippen LogP contribution in [0.5, 0.6) is 11.5 Å². The van der Waals surface area contributed by atoms with Crippen LogP contribution in [0.3, 0.4) is 0 Å². The van der Waals surface area contributed by atoms with Crippen molar-refractivity contribution in [2.45, 2.75) is 26.4 Å². The Hall–Kier alpha value is -3.20. The van der Waals surface area contributed by atoms with E-state index in [1.807, 2.05) is 43.6 Å². The van der Waals surface area contributed by atoms with Crippen molar-refractivity contribution >= 4 is 29.3 Å². The topological polar surface area (TPSA) is 81.4 Å². The Morgan fingerprint density at radius 3 is 2.36 bits per heavy atom. The highest BCUT2D eigenvalue weighted by Crippen LogP contribution is 2.38. The van der Waals surface area contributed by atoms with Gasteiger partial charge in [0.2, 0.25) is 5.78 Å². The maximum atomic E-state index is 12.3. The molecule has 0 spiro atoms. The first kappa shape index (κ1) is 23.0. The third kappa shape index (κ3) is 4.93. The van der Waals surface area contributed by atoms with Crippen LogP contribution < -0.4 is 14.4 Å². The second kappa shape index (κ2) is 8.97. The van der Waals surface area contributed by atoms with E-state index >= 15 is 0 Å². The molecule has 1 fully saturated rings. The normalized spacial score (nSPS) is 14.5. The molecular formula is C23H28ClN5O4. The summed E-state index contributed by atoms with van der Waals surface area (Å²) < 4.78 is 18.1. The molecule has 1 saturated heterocycles. The van der Waals surface area contributed by atoms with Crippen LogP contribution in [-0.2, 0) is 4.74 Å². The lowest BCUT2D eigenvalue weighted by atomic mass is 10.1. The average molecular weight is 474 g/mol. The molecule has 0 unspecified atom stereocenters. The third-order valence-electron chi connectivity index (χ3n) is 5.32. The third-order valence-corrected chi connectivity index (χ3v) is 5.61. The second-order valence-electron chi connectivity index (χ2n) is 8.76. The Balaban J connectivity index is 1.53. The van der Waals surface area contributed by atoms with E-state index in [0.717, 1.165) is 11.4 Å². The molecule has 2 aromatic heterocycles. The van der Waals surface area contributed by atoms with Gasteiger partial charge >= 0.3 is 6.09 Å². The van der Waals surface area contributed by atoms with Crippen LogP contribution in [-0.4, -0.2) is 71.4 Å². The van der Waals surface area contributed by atoms with Crippen LogP contribution in [0, 0.1) is 0 Å². The van der Waals surface area contributed by atoms with Gasteiger partial charge in [-0.1, -0.05) is 11.6 Å². The van der Waals surface area contributed by atoms with E-state index in [0.29, 0.717) is 54.2 Å². The van der Waals surface area contributed by atoms with Crippen LogP contribution >= 0.6 is 11.6 Å². The summed E-state index contributed by atoms with van der Waals surface area (Å²) in [6, 6.07) is 5.46. The lowest BCUT2D eigenvalue weighted by Gasteiger charge is -2.36. The van der Waals surface area contributed by atoms with Crippen LogP contribution in [0.15, 0.2) is 30.6 Å². The van der Waals surface area contributed by atoms with Gasteiger partial charge in [-0.15, -0.1) is 0 Å². The van der Waals surface area contributed by atoms with Gasteiger partial charge in [-0.25, -0.2) is 9.78 Å². The Morgan fingerprint density at radius 2 is 1.73 bits per heavy atom. The molecule has 3 heterocycles. The monoisotopic (exact) mass is 473 g/mol. The summed E-state index contributed by atoms with van der Waals surface area (Å²) in [4.78, 5) is 25.6. The summed E-state index contributed by atoms with van der Waals surface area (Å²) >= 11 is 6.33. The quantitative estimate of drug-likeness (QED) is 0.563. The number of methoxy groups -OCH3 is 2. The van der Waals surface area contributed by atoms with Crippen molar-refractivity contribution in [1.29, 1.82) is 0 Å². The fourth-order valence-electron chi connectivity index (χ4n) is 3.67. The van der Waals surface area contributed by atoms with Crippen molar-refractivity contribution in [2.75, 3.05) is 45.3 Å². The number of hydrogen-bond donors (Lipinski definition) is 0. The standard InChI is InChI=1S/C23H28ClN5O4/c1-23(2,3)33-22(30)28-10-8-27(9-11-28)20-6-7-29-14-17(25-21(29)26-20)15-12-16(24)19(32-5)13-18(15)31-4/h6-7,12-14H,8-11H2,1-5H3. The first-order chi connectivity index (χ1) is 15.7. The van der Waals surface area contributed by atoms with Crippen molar-refractivity contribution in [2.24, 2.45) is 0 Å². The van der Waals surface area contributed by atoms with Gasteiger partial charge in [-0.05, 0) is 32.9 Å². The number of piperazine rings is 1. The highest BCUT2D eigenvalue weighted by atomic mass is 35.5. The van der Waals surface area contributed by atoms with Gasteiger partial charge in [-0.3, -0.25) is 4.40 Å². The van der Waals surface area contributed by atoms with E-state index < -0.39 is 5.60 Å². The molecule has 0 aliphatic carbocycles. The second-order valence-corrected chi connectivity index (χ2v) is 9.17. The predicted molar refractivity (Wildman–Crippen MR) is 127 cm³/mol. The largest absolute Gasteiger partial charge is 0.496 e. The number of aromatic nitrogens is 3. The minimum atomic E-state index is -0.504. The van der Waals surface area contributed by atoms with Crippen molar-refractivity contribution in [3.05, 3.63) is 35.6 Å². The zero-order valence-corrected chi connectivity index (χ0v) is 20.2. The first-order valence-corrected chi connectivity index (χ1v) is 11.1. The van der Waals surface area contributed by atoms with Crippen molar-refractivity contribution < 1.29 is 19.0 Å². The molecular weight excluding hydrogens is 446 g/mol. The number of benzene rings is 1. The minimum absolute atomic E-state index is 0.282. The van der Waals surface area contributed by atoms with E-state index in [1.165, 1.54) is 0 Å². The van der Waals surface area contributed by atoms with Crippen LogP contribution in [0.1, 0.15) is 20.8 Å². The first-order valence-electron chi connectivity index (χ1n) is 10.7. The Kier molecular flexibility index (Phi) is 6.25. The number of carbonyl (C=O) groups excluding carboxylic acids is 1. The summed E-state index contributed by atoms with van der Waals surface area (Å²) in [5.41, 5.74) is 0.938. The molecule has 1 aromatic carbocycles. The lowest BCUT2D eigenvalue weighted by molar-refractivity contribution is 0.0240. The fourth-order valence-corrected chi connectivity index (χ4v) is 3.91. The molecule has 9 nitrogen and oxygen atoms in total. The van der Waals surface area contributed by atoms with Crippen molar-refractivity contribution in [3.63, 3.8) is 0 Å². The molecule has 0 saturated carbocycles. The Morgan fingerprint density at radius 1 is 1.03 bits per heavy atom. The maximum absolute atomic E-state index is 12.3. The molecule has 33 heavy (non-hydrogen) atoms.